The first-order valence-corrected chi connectivity index (χ1v) is 11.2. The van der Waals surface area contributed by atoms with Gasteiger partial charge in [-0.2, -0.15) is 0 Å². The van der Waals surface area contributed by atoms with Crippen LogP contribution in [0.3, 0.4) is 0 Å². The summed E-state index contributed by atoms with van der Waals surface area (Å²) in [5.41, 5.74) is 8.77. The lowest BCUT2D eigenvalue weighted by atomic mass is 10.0. The van der Waals surface area contributed by atoms with Crippen LogP contribution in [-0.4, -0.2) is 22.0 Å². The molecule has 3 rings (SSSR count). The smallest absolute Gasteiger partial charge is 0.330 e. The van der Waals surface area contributed by atoms with E-state index in [-0.39, 0.29) is 23.8 Å². The number of furan rings is 1. The number of nitrogens with one attached hydrogen (secondary N) is 1. The molecule has 0 aliphatic heterocycles. The van der Waals surface area contributed by atoms with E-state index in [1.807, 2.05) is 39.8 Å². The number of aromatic amines is 1. The number of rotatable bonds is 9. The van der Waals surface area contributed by atoms with Crippen LogP contribution < -0.4 is 21.9 Å². The number of nitrogens with zero attached hydrogens (tertiary/aromatic N) is 2. The Morgan fingerprint density at radius 2 is 1.88 bits per heavy atom. The van der Waals surface area contributed by atoms with Crippen LogP contribution in [0.4, 0.5) is 11.5 Å². The molecule has 0 radical (unpaired) electrons. The van der Waals surface area contributed by atoms with Crippen molar-refractivity contribution in [2.45, 2.75) is 66.3 Å². The van der Waals surface area contributed by atoms with Gasteiger partial charge >= 0.3 is 5.69 Å². The predicted octanol–water partition coefficient (Wildman–Crippen LogP) is 3.66. The standard InChI is InChI=1S/C24H32N4O4/c1-5-7-11-27(20-22(25)28(12-8-6-2)24(31)26-23(20)30)19(29)13-17-14-32-21-16(4)15(3)9-10-18(17)21/h9-10,14H,5-8,11-13,25H2,1-4H3,(H,26,30,31). The average molecular weight is 441 g/mol. The molecule has 0 aliphatic rings. The van der Waals surface area contributed by atoms with Gasteiger partial charge in [0.2, 0.25) is 5.91 Å². The molecule has 0 fully saturated rings. The van der Waals surface area contributed by atoms with Crippen molar-refractivity contribution in [2.24, 2.45) is 0 Å². The van der Waals surface area contributed by atoms with E-state index < -0.39 is 11.2 Å². The monoisotopic (exact) mass is 440 g/mol. The van der Waals surface area contributed by atoms with Gasteiger partial charge in [-0.05, 0) is 37.8 Å². The molecule has 172 valence electrons. The minimum Gasteiger partial charge on any atom is -0.464 e. The van der Waals surface area contributed by atoms with E-state index in [9.17, 15) is 14.4 Å². The highest BCUT2D eigenvalue weighted by atomic mass is 16.3. The van der Waals surface area contributed by atoms with Gasteiger partial charge in [-0.25, -0.2) is 4.79 Å². The highest BCUT2D eigenvalue weighted by molar-refractivity contribution is 5.99. The molecule has 3 aromatic rings. The molecule has 0 saturated carbocycles. The Labute approximate surface area is 187 Å². The number of hydrogen-bond acceptors (Lipinski definition) is 5. The maximum Gasteiger partial charge on any atom is 0.330 e. The van der Waals surface area contributed by atoms with Crippen LogP contribution in [0.1, 0.15) is 56.2 Å². The van der Waals surface area contributed by atoms with Crippen LogP contribution in [0.5, 0.6) is 0 Å². The van der Waals surface area contributed by atoms with Crippen LogP contribution in [0.15, 0.2) is 32.4 Å². The molecule has 3 N–H and O–H groups in total. The highest BCUT2D eigenvalue weighted by Crippen LogP contribution is 2.28. The number of aryl methyl sites for hydroxylation is 2. The summed E-state index contributed by atoms with van der Waals surface area (Å²) in [6, 6.07) is 3.95. The summed E-state index contributed by atoms with van der Waals surface area (Å²) in [5, 5.41) is 0.881. The number of H-pyrrole nitrogens is 1. The Balaban J connectivity index is 2.02. The summed E-state index contributed by atoms with van der Waals surface area (Å²) in [7, 11) is 0. The summed E-state index contributed by atoms with van der Waals surface area (Å²) < 4.78 is 7.09. The molecule has 1 aromatic carbocycles. The summed E-state index contributed by atoms with van der Waals surface area (Å²) >= 11 is 0. The van der Waals surface area contributed by atoms with Crippen LogP contribution in [0.25, 0.3) is 11.0 Å². The number of amides is 1. The largest absolute Gasteiger partial charge is 0.464 e. The maximum absolute atomic E-state index is 13.4. The number of unbranched alkanes of at least 4 members (excludes halogenated alkanes) is 2. The van der Waals surface area contributed by atoms with Crippen molar-refractivity contribution in [3.8, 4) is 0 Å². The number of aromatic nitrogens is 2. The second-order valence-electron chi connectivity index (χ2n) is 8.22. The highest BCUT2D eigenvalue weighted by Gasteiger charge is 2.25. The molecule has 2 aromatic heterocycles. The van der Waals surface area contributed by atoms with E-state index in [1.165, 1.54) is 9.47 Å². The SMILES string of the molecule is CCCCN(C(=O)Cc1coc2c(C)c(C)ccc12)c1c(N)n(CCCC)c(=O)[nH]c1=O. The summed E-state index contributed by atoms with van der Waals surface area (Å²) in [6.45, 7) is 8.72. The van der Waals surface area contributed by atoms with Crippen LogP contribution >= 0.6 is 0 Å². The molecular formula is C24H32N4O4. The number of benzene rings is 1. The lowest BCUT2D eigenvalue weighted by Gasteiger charge is -2.24. The predicted molar refractivity (Wildman–Crippen MR) is 127 cm³/mol. The molecule has 1 amide bonds. The van der Waals surface area contributed by atoms with Gasteiger partial charge in [-0.1, -0.05) is 38.8 Å². The van der Waals surface area contributed by atoms with Gasteiger partial charge in [0, 0.05) is 24.0 Å². The first-order chi connectivity index (χ1) is 15.3. The third kappa shape index (κ3) is 4.49. The number of carbonyl (C=O) groups is 1. The van der Waals surface area contributed by atoms with Crippen molar-refractivity contribution in [3.05, 3.63) is 55.9 Å². The summed E-state index contributed by atoms with van der Waals surface area (Å²) in [5.74, 6) is -0.238. The lowest BCUT2D eigenvalue weighted by Crippen LogP contribution is -2.42. The fourth-order valence-corrected chi connectivity index (χ4v) is 3.84. The van der Waals surface area contributed by atoms with Gasteiger partial charge < -0.3 is 15.1 Å². The average Bonchev–Trinajstić information content (AvgIpc) is 3.16. The van der Waals surface area contributed by atoms with E-state index in [0.717, 1.165) is 46.9 Å². The molecule has 0 bridgehead atoms. The fourth-order valence-electron chi connectivity index (χ4n) is 3.84. The van der Waals surface area contributed by atoms with Crippen LogP contribution in [-0.2, 0) is 17.8 Å². The molecular weight excluding hydrogens is 408 g/mol. The first kappa shape index (κ1) is 23.4. The third-order valence-corrected chi connectivity index (χ3v) is 5.94. The van der Waals surface area contributed by atoms with E-state index in [1.54, 1.807) is 6.26 Å². The van der Waals surface area contributed by atoms with Crippen LogP contribution in [0.2, 0.25) is 0 Å². The quantitative estimate of drug-likeness (QED) is 0.527. The second kappa shape index (κ2) is 9.89. The molecule has 2 heterocycles. The van der Waals surface area contributed by atoms with Gasteiger partial charge in [0.1, 0.15) is 11.4 Å². The van der Waals surface area contributed by atoms with E-state index in [0.29, 0.717) is 19.5 Å². The van der Waals surface area contributed by atoms with Crippen molar-refractivity contribution in [2.75, 3.05) is 17.2 Å². The molecule has 0 saturated heterocycles. The van der Waals surface area contributed by atoms with Gasteiger partial charge in [-0.15, -0.1) is 0 Å². The maximum atomic E-state index is 13.4. The van der Waals surface area contributed by atoms with Crippen molar-refractivity contribution in [1.29, 1.82) is 0 Å². The molecule has 0 atom stereocenters. The van der Waals surface area contributed by atoms with Crippen LogP contribution in [0, 0.1) is 13.8 Å². The zero-order valence-electron chi connectivity index (χ0n) is 19.3. The number of nitrogen functional groups attached to an aromatic ring is 1. The first-order valence-electron chi connectivity index (χ1n) is 11.2. The minimum absolute atomic E-state index is 0.0279. The Morgan fingerprint density at radius 1 is 1.16 bits per heavy atom. The van der Waals surface area contributed by atoms with E-state index in [2.05, 4.69) is 4.98 Å². The number of fused-ring (bicyclic) bond motifs is 1. The molecule has 8 heteroatoms. The normalized spacial score (nSPS) is 11.2. The van der Waals surface area contributed by atoms with E-state index >= 15 is 0 Å². The summed E-state index contributed by atoms with van der Waals surface area (Å²) in [6.07, 6.45) is 4.80. The second-order valence-corrected chi connectivity index (χ2v) is 8.22. The van der Waals surface area contributed by atoms with Gasteiger partial charge in [0.15, 0.2) is 5.69 Å². The molecule has 0 aliphatic carbocycles. The summed E-state index contributed by atoms with van der Waals surface area (Å²) in [4.78, 5) is 42.2. The minimum atomic E-state index is -0.645. The Morgan fingerprint density at radius 3 is 2.56 bits per heavy atom. The topological polar surface area (TPSA) is 114 Å². The third-order valence-electron chi connectivity index (χ3n) is 5.94. The fraction of sp³-hybridized carbons (Fsp3) is 0.458. The Kier molecular flexibility index (Phi) is 7.22. The van der Waals surface area contributed by atoms with Crippen molar-refractivity contribution >= 4 is 28.4 Å². The van der Waals surface area contributed by atoms with E-state index in [4.69, 9.17) is 10.2 Å². The molecule has 32 heavy (non-hydrogen) atoms. The molecule has 0 unspecified atom stereocenters. The number of hydrogen-bond donors (Lipinski definition) is 2. The lowest BCUT2D eigenvalue weighted by molar-refractivity contribution is -0.118. The molecule has 8 nitrogen and oxygen atoms in total. The number of carbonyl (C=O) groups excluding carboxylic acids is 1. The van der Waals surface area contributed by atoms with Crippen molar-refractivity contribution < 1.29 is 9.21 Å². The molecule has 0 spiro atoms. The van der Waals surface area contributed by atoms with Gasteiger partial charge in [0.05, 0.1) is 12.7 Å². The van der Waals surface area contributed by atoms with Gasteiger partial charge in [0.25, 0.3) is 5.56 Å². The van der Waals surface area contributed by atoms with Gasteiger partial charge in [-0.3, -0.25) is 19.1 Å². The Hall–Kier alpha value is -3.29. The number of anilines is 2. The number of nitrogens with two attached hydrogens (primary N) is 1. The van der Waals surface area contributed by atoms with Crippen molar-refractivity contribution in [3.63, 3.8) is 0 Å². The van der Waals surface area contributed by atoms with Crippen molar-refractivity contribution in [1.82, 2.24) is 9.55 Å². The zero-order valence-corrected chi connectivity index (χ0v) is 19.3. The zero-order chi connectivity index (χ0) is 23.4. The Bertz CT molecular complexity index is 1240.